The number of aromatic nitrogens is 9. The summed E-state index contributed by atoms with van der Waals surface area (Å²) in [4.78, 5) is 37.5. The Balaban J connectivity index is 1.13. The lowest BCUT2D eigenvalue weighted by Crippen LogP contribution is -2.61. The molecule has 0 aromatic carbocycles. The fraction of sp³-hybridized carbons (Fsp3) is 0.526. The van der Waals surface area contributed by atoms with Gasteiger partial charge >= 0.3 is 12.8 Å². The number of H-pyrrole nitrogens is 1. The van der Waals surface area contributed by atoms with E-state index in [1.807, 2.05) is 0 Å². The number of hydrogen-bond acceptors (Lipinski definition) is 15. The predicted molar refractivity (Wildman–Crippen MR) is 133 cm³/mol. The zero-order valence-electron chi connectivity index (χ0n) is 20.2. The molecule has 40 heavy (non-hydrogen) atoms. The van der Waals surface area contributed by atoms with Gasteiger partial charge in [-0.2, -0.15) is 19.2 Å². The number of nitrogens with two attached hydrogens (primary N) is 2. The van der Waals surface area contributed by atoms with Gasteiger partial charge in [-0.1, -0.05) is 5.21 Å². The summed E-state index contributed by atoms with van der Waals surface area (Å²) >= 11 is 5.18. The largest absolute Gasteiger partial charge is 0.381 e. The molecule has 0 aliphatic carbocycles. The van der Waals surface area contributed by atoms with Gasteiger partial charge in [0.25, 0.3) is 5.56 Å². The first-order chi connectivity index (χ1) is 19.1. The van der Waals surface area contributed by atoms with Crippen LogP contribution in [0.25, 0.3) is 16.8 Å². The summed E-state index contributed by atoms with van der Waals surface area (Å²) in [7, 11) is 0. The lowest BCUT2D eigenvalue weighted by atomic mass is 9.95. The van der Waals surface area contributed by atoms with Crippen molar-refractivity contribution in [2.24, 2.45) is 5.92 Å². The highest BCUT2D eigenvalue weighted by Crippen LogP contribution is 2.56. The first-order valence-electron chi connectivity index (χ1n) is 12.0. The van der Waals surface area contributed by atoms with Crippen LogP contribution in [0, 0.1) is 5.92 Å². The second kappa shape index (κ2) is 9.14. The van der Waals surface area contributed by atoms with Crippen molar-refractivity contribution < 1.29 is 32.5 Å². The van der Waals surface area contributed by atoms with Gasteiger partial charge < -0.3 is 30.4 Å². The number of nitrogens with zero attached hydrogens (tertiary/aromatic N) is 8. The second-order valence-electron chi connectivity index (χ2n) is 9.40. The third-order valence-electron chi connectivity index (χ3n) is 6.98. The highest BCUT2D eigenvalue weighted by molar-refractivity contribution is 8.07. The summed E-state index contributed by atoms with van der Waals surface area (Å²) in [5.41, 5.74) is 11.6. The fourth-order valence-electron chi connectivity index (χ4n) is 5.07. The van der Waals surface area contributed by atoms with E-state index in [-0.39, 0.29) is 42.1 Å². The Labute approximate surface area is 227 Å². The summed E-state index contributed by atoms with van der Waals surface area (Å²) in [5, 5.41) is 11.8. The summed E-state index contributed by atoms with van der Waals surface area (Å²) in [6.07, 6.45) is -0.244. The summed E-state index contributed by atoms with van der Waals surface area (Å²) in [6, 6.07) is -2.82. The molecular weight excluding hydrogens is 576 g/mol. The molecule has 21 heteroatoms. The molecule has 3 fully saturated rings. The third-order valence-corrected chi connectivity index (χ3v) is 8.52. The van der Waals surface area contributed by atoms with Crippen LogP contribution < -0.4 is 17.0 Å². The average Bonchev–Trinajstić information content (AvgIpc) is 3.62. The summed E-state index contributed by atoms with van der Waals surface area (Å²) in [5.74, 6) is -0.179. The van der Waals surface area contributed by atoms with Gasteiger partial charge in [0.15, 0.2) is 35.0 Å². The SMILES string of the molecule is Nc1nc2c(nnn2[C@@H]2O[C@@]3(F)OCC[C@H]4C[C@H](c5cnc6c(N)ncnn56)O[C@@H]4COP(O)(=S)O[C@@H]23)c(=O)[nH]1. The van der Waals surface area contributed by atoms with Crippen LogP contribution >= 0.6 is 6.72 Å². The Morgan fingerprint density at radius 2 is 2.15 bits per heavy atom. The number of imidazole rings is 1. The number of anilines is 2. The monoisotopic (exact) mass is 597 g/mol. The number of hydrogen-bond donors (Lipinski definition) is 4. The molecule has 3 aliphatic heterocycles. The highest BCUT2D eigenvalue weighted by Gasteiger charge is 2.64. The fourth-order valence-corrected chi connectivity index (χ4v) is 6.44. The van der Waals surface area contributed by atoms with Crippen molar-refractivity contribution in [3.63, 3.8) is 0 Å². The minimum Gasteiger partial charge on any atom is -0.381 e. The molecule has 212 valence electrons. The van der Waals surface area contributed by atoms with Crippen LogP contribution in [-0.4, -0.2) is 80.9 Å². The Hall–Kier alpha value is -3.23. The molecule has 0 saturated carbocycles. The van der Waals surface area contributed by atoms with Crippen molar-refractivity contribution in [1.82, 2.24) is 44.5 Å². The quantitative estimate of drug-likeness (QED) is 0.212. The molecule has 7 rings (SSSR count). The molecule has 7 atom stereocenters. The molecule has 4 aromatic rings. The predicted octanol–water partition coefficient (Wildman–Crippen LogP) is -0.546. The van der Waals surface area contributed by atoms with Crippen molar-refractivity contribution in [3.05, 3.63) is 28.6 Å². The molecule has 7 heterocycles. The number of rotatable bonds is 2. The van der Waals surface area contributed by atoms with E-state index < -0.39 is 42.9 Å². The number of nitrogen functional groups attached to an aromatic ring is 2. The second-order valence-corrected chi connectivity index (χ2v) is 12.2. The Kier molecular flexibility index (Phi) is 5.88. The number of aromatic amines is 1. The van der Waals surface area contributed by atoms with E-state index in [0.29, 0.717) is 24.2 Å². The standard InChI is InChI=1S/C19H21FN11O7PS/c20-19-12(17(37-19)31-14-11(28-29-31)16(32)27-18(22)26-14)38-39(33,40)35-5-10-7(1-2-34-19)3-9(36-10)8-4-23-15-13(21)24-6-25-30(8)15/h4,6-7,9-10,12,17H,1-3,5H2,(H,33,40)(H2,21,24,25)(H3,22,26,27,32)/t7-,9+,10+,12-,17+,19-,39?/m0/s1. The van der Waals surface area contributed by atoms with Crippen molar-refractivity contribution >= 4 is 47.1 Å². The maximum atomic E-state index is 15.8. The maximum Gasteiger partial charge on any atom is 0.354 e. The van der Waals surface area contributed by atoms with Crippen LogP contribution in [-0.2, 0) is 35.1 Å². The van der Waals surface area contributed by atoms with E-state index in [4.69, 9.17) is 46.5 Å². The van der Waals surface area contributed by atoms with Crippen LogP contribution in [0.4, 0.5) is 16.2 Å². The number of nitrogens with one attached hydrogen (secondary N) is 1. The Morgan fingerprint density at radius 1 is 1.30 bits per heavy atom. The first-order valence-corrected chi connectivity index (χ1v) is 14.6. The topological polar surface area (TPSA) is 238 Å². The molecule has 0 bridgehead atoms. The van der Waals surface area contributed by atoms with Gasteiger partial charge in [-0.25, -0.2) is 14.5 Å². The molecule has 18 nitrogen and oxygen atoms in total. The van der Waals surface area contributed by atoms with E-state index in [9.17, 15) is 9.69 Å². The molecule has 0 spiro atoms. The van der Waals surface area contributed by atoms with Crippen LogP contribution in [0.2, 0.25) is 0 Å². The smallest absolute Gasteiger partial charge is 0.354 e. The average molecular weight is 597 g/mol. The highest BCUT2D eigenvalue weighted by atomic mass is 32.5. The molecular formula is C19H21FN11O7PS. The van der Waals surface area contributed by atoms with Crippen molar-refractivity contribution in [3.8, 4) is 0 Å². The number of fused-ring (bicyclic) bond motifs is 4. The Bertz CT molecular complexity index is 1740. The van der Waals surface area contributed by atoms with Gasteiger partial charge in [-0.05, 0) is 30.6 Å². The van der Waals surface area contributed by atoms with Crippen LogP contribution in [0.15, 0.2) is 17.3 Å². The minimum atomic E-state index is -4.08. The molecule has 4 aromatic heterocycles. The zero-order chi connectivity index (χ0) is 27.8. The maximum absolute atomic E-state index is 15.8. The number of ether oxygens (including phenoxy) is 3. The summed E-state index contributed by atoms with van der Waals surface area (Å²) < 4.78 is 46.6. The molecule has 1 unspecified atom stereocenters. The minimum absolute atomic E-state index is 0.0910. The van der Waals surface area contributed by atoms with Crippen LogP contribution in [0.1, 0.15) is 30.9 Å². The Morgan fingerprint density at radius 3 is 3.00 bits per heavy atom. The van der Waals surface area contributed by atoms with Gasteiger partial charge in [0, 0.05) is 0 Å². The first kappa shape index (κ1) is 25.7. The normalized spacial score (nSPS) is 34.7. The molecule has 3 saturated heterocycles. The lowest BCUT2D eigenvalue weighted by Gasteiger charge is -2.47. The van der Waals surface area contributed by atoms with Crippen molar-refractivity contribution in [2.45, 2.75) is 43.4 Å². The van der Waals surface area contributed by atoms with Crippen molar-refractivity contribution in [2.75, 3.05) is 24.7 Å². The molecule has 3 aliphatic rings. The van der Waals surface area contributed by atoms with E-state index >= 15 is 4.39 Å². The molecule has 0 radical (unpaired) electrons. The van der Waals surface area contributed by atoms with Gasteiger partial charge in [0.1, 0.15) is 12.4 Å². The molecule has 6 N–H and O–H groups in total. The van der Waals surface area contributed by atoms with E-state index in [1.165, 1.54) is 6.33 Å². The van der Waals surface area contributed by atoms with Crippen LogP contribution in [0.3, 0.4) is 0 Å². The van der Waals surface area contributed by atoms with E-state index in [0.717, 1.165) is 4.68 Å². The van der Waals surface area contributed by atoms with Gasteiger partial charge in [0.05, 0.1) is 31.2 Å². The molecule has 0 amide bonds. The summed E-state index contributed by atoms with van der Waals surface area (Å²) in [6.45, 7) is -4.31. The van der Waals surface area contributed by atoms with Gasteiger partial charge in [-0.15, -0.1) is 5.10 Å². The van der Waals surface area contributed by atoms with Gasteiger partial charge in [0.2, 0.25) is 5.95 Å². The van der Waals surface area contributed by atoms with E-state index in [2.05, 4.69) is 35.3 Å². The van der Waals surface area contributed by atoms with Gasteiger partial charge in [-0.3, -0.25) is 19.0 Å². The van der Waals surface area contributed by atoms with E-state index in [1.54, 1.807) is 10.7 Å². The van der Waals surface area contributed by atoms with Crippen molar-refractivity contribution in [1.29, 1.82) is 0 Å². The van der Waals surface area contributed by atoms with Crippen LogP contribution in [0.5, 0.6) is 0 Å². The zero-order valence-corrected chi connectivity index (χ0v) is 21.9. The number of alkyl halides is 1. The third kappa shape index (κ3) is 4.15. The number of halogens is 1. The lowest BCUT2D eigenvalue weighted by molar-refractivity contribution is -0.471.